The van der Waals surface area contributed by atoms with Crippen LogP contribution in [0.2, 0.25) is 0 Å². The van der Waals surface area contributed by atoms with Crippen molar-refractivity contribution in [2.45, 2.75) is 31.7 Å². The number of benzene rings is 2. The van der Waals surface area contributed by atoms with Crippen molar-refractivity contribution in [3.63, 3.8) is 0 Å². The lowest BCUT2D eigenvalue weighted by molar-refractivity contribution is 0.0933. The molecule has 2 amide bonds. The van der Waals surface area contributed by atoms with Gasteiger partial charge in [-0.3, -0.25) is 14.7 Å². The number of ether oxygens (including phenoxy) is 1. The molecule has 0 aliphatic carbocycles. The molecule has 1 saturated heterocycles. The van der Waals surface area contributed by atoms with Gasteiger partial charge in [-0.25, -0.2) is 18.2 Å². The maximum Gasteiger partial charge on any atom is 0.409 e. The number of anilines is 1. The third-order valence-corrected chi connectivity index (χ3v) is 9.85. The Bertz CT molecular complexity index is 1630. The summed E-state index contributed by atoms with van der Waals surface area (Å²) in [4.78, 5) is 38.2. The number of para-hydroxylation sites is 1. The number of pyridine rings is 1. The van der Waals surface area contributed by atoms with Crippen LogP contribution in [0.5, 0.6) is 0 Å². The van der Waals surface area contributed by atoms with Gasteiger partial charge in [-0.15, -0.1) is 0 Å². The molecule has 0 unspecified atom stereocenters. The molecule has 4 aromatic rings. The Labute approximate surface area is 243 Å². The molecule has 3 heterocycles. The molecule has 0 N–H and O–H groups in total. The summed E-state index contributed by atoms with van der Waals surface area (Å²) in [7, 11) is -3.80. The lowest BCUT2D eigenvalue weighted by Gasteiger charge is -2.33. The highest BCUT2D eigenvalue weighted by atomic mass is 32.2. The quantitative estimate of drug-likeness (QED) is 0.294. The van der Waals surface area contributed by atoms with Crippen LogP contribution in [0.3, 0.4) is 0 Å². The average Bonchev–Trinajstić information content (AvgIpc) is 3.45. The lowest BCUT2D eigenvalue weighted by atomic mass is 10.1. The average molecular weight is 594 g/mol. The summed E-state index contributed by atoms with van der Waals surface area (Å²) in [6.07, 6.45) is 2.06. The Hall–Kier alpha value is -3.87. The van der Waals surface area contributed by atoms with E-state index in [1.807, 2.05) is 36.4 Å². The smallest absolute Gasteiger partial charge is 0.409 e. The Morgan fingerprint density at radius 2 is 1.73 bits per heavy atom. The first-order chi connectivity index (χ1) is 19.8. The van der Waals surface area contributed by atoms with Gasteiger partial charge in [0.25, 0.3) is 5.91 Å². The third kappa shape index (κ3) is 6.09. The first kappa shape index (κ1) is 28.7. The van der Waals surface area contributed by atoms with Crippen LogP contribution < -0.4 is 4.90 Å². The SMILES string of the molecule is CCOC(=O)N1CCN(S(=O)(=O)c2ccc(C(=O)N(Cc3ccccn3)c3nc4c(CC)cccc4s3)cc2)CC1. The number of thiazole rings is 1. The number of nitrogens with zero attached hydrogens (tertiary/aromatic N) is 5. The number of amides is 2. The first-order valence-electron chi connectivity index (χ1n) is 13.4. The molecule has 0 radical (unpaired) electrons. The molecule has 1 aliphatic heterocycles. The summed E-state index contributed by atoms with van der Waals surface area (Å²) < 4.78 is 34.0. The molecule has 5 rings (SSSR count). The van der Waals surface area contributed by atoms with Crippen LogP contribution in [0, 0.1) is 0 Å². The molecule has 0 spiro atoms. The minimum atomic E-state index is -3.80. The van der Waals surface area contributed by atoms with E-state index in [2.05, 4.69) is 11.9 Å². The highest BCUT2D eigenvalue weighted by Gasteiger charge is 2.31. The van der Waals surface area contributed by atoms with Gasteiger partial charge in [0.15, 0.2) is 5.13 Å². The number of sulfonamides is 1. The van der Waals surface area contributed by atoms with Gasteiger partial charge in [-0.05, 0) is 61.4 Å². The highest BCUT2D eigenvalue weighted by Crippen LogP contribution is 2.33. The maximum atomic E-state index is 13.9. The van der Waals surface area contributed by atoms with Crippen LogP contribution in [-0.2, 0) is 27.7 Å². The van der Waals surface area contributed by atoms with Gasteiger partial charge in [0.2, 0.25) is 10.0 Å². The second-order valence-electron chi connectivity index (χ2n) is 9.44. The Morgan fingerprint density at radius 3 is 2.39 bits per heavy atom. The van der Waals surface area contributed by atoms with Crippen LogP contribution in [0.4, 0.5) is 9.93 Å². The van der Waals surface area contributed by atoms with Crippen molar-refractivity contribution >= 4 is 48.7 Å². The lowest BCUT2D eigenvalue weighted by Crippen LogP contribution is -2.50. The van der Waals surface area contributed by atoms with Crippen molar-refractivity contribution in [2.24, 2.45) is 0 Å². The van der Waals surface area contributed by atoms with Crippen LogP contribution in [0.25, 0.3) is 10.2 Å². The van der Waals surface area contributed by atoms with Crippen LogP contribution in [0.15, 0.2) is 71.8 Å². The maximum absolute atomic E-state index is 13.9. The number of hydrogen-bond acceptors (Lipinski definition) is 8. The fourth-order valence-corrected chi connectivity index (χ4v) is 7.11. The molecular formula is C29H31N5O5S2. The molecule has 1 aliphatic rings. The van der Waals surface area contributed by atoms with Gasteiger partial charge in [-0.1, -0.05) is 36.5 Å². The molecular weight excluding hydrogens is 562 g/mol. The zero-order chi connectivity index (χ0) is 29.0. The number of rotatable bonds is 8. The summed E-state index contributed by atoms with van der Waals surface area (Å²) >= 11 is 1.44. The predicted octanol–water partition coefficient (Wildman–Crippen LogP) is 4.56. The molecule has 2 aromatic heterocycles. The Kier molecular flexibility index (Phi) is 8.62. The second kappa shape index (κ2) is 12.3. The highest BCUT2D eigenvalue weighted by molar-refractivity contribution is 7.89. The molecule has 0 atom stereocenters. The normalized spacial score (nSPS) is 14.2. The summed E-state index contributed by atoms with van der Waals surface area (Å²) in [6, 6.07) is 17.5. The van der Waals surface area contributed by atoms with Gasteiger partial charge in [0.1, 0.15) is 0 Å². The minimum Gasteiger partial charge on any atom is -0.450 e. The first-order valence-corrected chi connectivity index (χ1v) is 15.7. The van der Waals surface area contributed by atoms with E-state index in [1.165, 1.54) is 44.8 Å². The van der Waals surface area contributed by atoms with Crippen molar-refractivity contribution in [1.29, 1.82) is 0 Å². The van der Waals surface area contributed by atoms with Crippen molar-refractivity contribution < 1.29 is 22.7 Å². The summed E-state index contributed by atoms with van der Waals surface area (Å²) in [5.41, 5.74) is 3.02. The number of piperazine rings is 1. The number of aromatic nitrogens is 2. The van der Waals surface area contributed by atoms with E-state index in [9.17, 15) is 18.0 Å². The second-order valence-corrected chi connectivity index (χ2v) is 12.4. The van der Waals surface area contributed by atoms with Crippen molar-refractivity contribution in [2.75, 3.05) is 37.7 Å². The number of carbonyl (C=O) groups is 2. The molecule has 214 valence electrons. The number of hydrogen-bond donors (Lipinski definition) is 0. The zero-order valence-electron chi connectivity index (χ0n) is 22.9. The summed E-state index contributed by atoms with van der Waals surface area (Å²) in [6.45, 7) is 5.10. The van der Waals surface area contributed by atoms with E-state index in [-0.39, 0.29) is 50.1 Å². The number of fused-ring (bicyclic) bond motifs is 1. The van der Waals surface area contributed by atoms with Crippen LogP contribution in [-0.4, -0.2) is 72.4 Å². The molecule has 41 heavy (non-hydrogen) atoms. The molecule has 1 fully saturated rings. The van der Waals surface area contributed by atoms with Gasteiger partial charge >= 0.3 is 6.09 Å². The van der Waals surface area contributed by atoms with Crippen LogP contribution >= 0.6 is 11.3 Å². The van der Waals surface area contributed by atoms with Gasteiger partial charge in [-0.2, -0.15) is 4.31 Å². The molecule has 0 saturated carbocycles. The van der Waals surface area contributed by atoms with E-state index in [4.69, 9.17) is 9.72 Å². The van der Waals surface area contributed by atoms with E-state index in [0.717, 1.165) is 22.2 Å². The van der Waals surface area contributed by atoms with Crippen molar-refractivity contribution in [1.82, 2.24) is 19.2 Å². The summed E-state index contributed by atoms with van der Waals surface area (Å²) in [5.74, 6) is -0.306. The van der Waals surface area contributed by atoms with E-state index in [1.54, 1.807) is 18.0 Å². The zero-order valence-corrected chi connectivity index (χ0v) is 24.5. The molecule has 0 bridgehead atoms. The monoisotopic (exact) mass is 593 g/mol. The third-order valence-electron chi connectivity index (χ3n) is 6.90. The molecule has 12 heteroatoms. The Morgan fingerprint density at radius 1 is 0.976 bits per heavy atom. The van der Waals surface area contributed by atoms with E-state index < -0.39 is 16.1 Å². The van der Waals surface area contributed by atoms with Gasteiger partial charge in [0, 0.05) is 37.9 Å². The van der Waals surface area contributed by atoms with Crippen molar-refractivity contribution in [3.8, 4) is 0 Å². The minimum absolute atomic E-state index is 0.0856. The topological polar surface area (TPSA) is 113 Å². The molecule has 10 nitrogen and oxygen atoms in total. The fourth-order valence-electron chi connectivity index (χ4n) is 4.67. The fraction of sp³-hybridized carbons (Fsp3) is 0.310. The van der Waals surface area contributed by atoms with Crippen molar-refractivity contribution in [3.05, 3.63) is 83.7 Å². The largest absolute Gasteiger partial charge is 0.450 e. The van der Waals surface area contributed by atoms with Gasteiger partial charge < -0.3 is 9.64 Å². The Balaban J connectivity index is 1.39. The van der Waals surface area contributed by atoms with E-state index >= 15 is 0 Å². The summed E-state index contributed by atoms with van der Waals surface area (Å²) in [5, 5.41) is 0.549. The number of carbonyl (C=O) groups excluding carboxylic acids is 2. The number of aryl methyl sites for hydroxylation is 1. The predicted molar refractivity (Wildman–Crippen MR) is 158 cm³/mol. The van der Waals surface area contributed by atoms with Crippen LogP contribution in [0.1, 0.15) is 35.5 Å². The standard InChI is InChI=1S/C29H31N5O5S2/c1-3-21-8-7-10-25-26(21)31-28(40-25)34(20-23-9-5-6-15-30-23)27(35)22-11-13-24(14-12-22)41(37,38)33-18-16-32(17-19-33)29(36)39-4-2/h5-15H,3-4,16-20H2,1-2H3. The van der Waals surface area contributed by atoms with E-state index in [0.29, 0.717) is 16.4 Å². The van der Waals surface area contributed by atoms with Gasteiger partial charge in [0.05, 0.1) is 34.0 Å². The molecule has 2 aromatic carbocycles.